The van der Waals surface area contributed by atoms with Gasteiger partial charge in [-0.25, -0.2) is 4.79 Å². The third kappa shape index (κ3) is 1.61. The molecule has 0 aliphatic heterocycles. The first-order chi connectivity index (χ1) is 5.65. The van der Waals surface area contributed by atoms with Crippen LogP contribution in [0, 0.1) is 6.92 Å². The lowest BCUT2D eigenvalue weighted by molar-refractivity contribution is 0.0696. The van der Waals surface area contributed by atoms with E-state index in [-0.39, 0.29) is 5.56 Å². The van der Waals surface area contributed by atoms with Gasteiger partial charge in [0.05, 0.1) is 5.56 Å². The lowest BCUT2D eigenvalue weighted by atomic mass is 10.1. The summed E-state index contributed by atoms with van der Waals surface area (Å²) in [6.45, 7) is 3.86. The molecular weight excluding hydrogens is 154 g/mol. The molecule has 1 aromatic rings. The Labute approximate surface area is 71.1 Å². The Hall–Kier alpha value is -1.38. The van der Waals surface area contributed by atoms with E-state index in [1.807, 2.05) is 13.8 Å². The van der Waals surface area contributed by atoms with Gasteiger partial charge in [0.15, 0.2) is 0 Å². The molecule has 0 aromatic carbocycles. The lowest BCUT2D eigenvalue weighted by Crippen LogP contribution is -2.00. The van der Waals surface area contributed by atoms with Crippen molar-refractivity contribution in [3.8, 4) is 0 Å². The van der Waals surface area contributed by atoms with Crippen molar-refractivity contribution in [3.05, 3.63) is 29.1 Å². The molecule has 1 heterocycles. The molecule has 12 heavy (non-hydrogen) atoms. The van der Waals surface area contributed by atoms with Crippen molar-refractivity contribution in [3.63, 3.8) is 0 Å². The number of carboxylic acids is 1. The molecule has 0 saturated carbocycles. The summed E-state index contributed by atoms with van der Waals surface area (Å²) in [4.78, 5) is 14.5. The molecule has 1 aromatic heterocycles. The number of carboxylic acid groups (broad SMARTS) is 1. The van der Waals surface area contributed by atoms with Gasteiger partial charge < -0.3 is 5.11 Å². The van der Waals surface area contributed by atoms with E-state index in [4.69, 9.17) is 5.11 Å². The average molecular weight is 165 g/mol. The zero-order valence-electron chi connectivity index (χ0n) is 7.16. The Morgan fingerprint density at radius 3 is 2.83 bits per heavy atom. The molecule has 3 heteroatoms. The van der Waals surface area contributed by atoms with E-state index in [1.54, 1.807) is 6.07 Å². The van der Waals surface area contributed by atoms with Gasteiger partial charge in [-0.15, -0.1) is 0 Å². The Balaban J connectivity index is 3.13. The fourth-order valence-electron chi connectivity index (χ4n) is 1.05. The van der Waals surface area contributed by atoms with Gasteiger partial charge in [0.1, 0.15) is 0 Å². The molecule has 0 radical (unpaired) electrons. The average Bonchev–Trinajstić information content (AvgIpc) is 2.05. The predicted octanol–water partition coefficient (Wildman–Crippen LogP) is 1.65. The molecule has 0 aliphatic rings. The van der Waals surface area contributed by atoms with Gasteiger partial charge in [-0.05, 0) is 25.0 Å². The van der Waals surface area contributed by atoms with E-state index in [9.17, 15) is 4.79 Å². The first-order valence-corrected chi connectivity index (χ1v) is 3.84. The summed E-state index contributed by atoms with van der Waals surface area (Å²) in [7, 11) is 0. The summed E-state index contributed by atoms with van der Waals surface area (Å²) in [5.74, 6) is -0.919. The van der Waals surface area contributed by atoms with Crippen LogP contribution < -0.4 is 0 Å². The van der Waals surface area contributed by atoms with E-state index in [2.05, 4.69) is 4.98 Å². The van der Waals surface area contributed by atoms with Crippen LogP contribution in [0.2, 0.25) is 0 Å². The van der Waals surface area contributed by atoms with Crippen LogP contribution >= 0.6 is 0 Å². The number of hydrogen-bond donors (Lipinski definition) is 1. The van der Waals surface area contributed by atoms with Crippen LogP contribution in [0.5, 0.6) is 0 Å². The molecule has 1 rings (SSSR count). The number of aryl methyl sites for hydroxylation is 2. The number of nitrogens with zero attached hydrogens (tertiary/aromatic N) is 1. The molecule has 0 spiro atoms. The fraction of sp³-hybridized carbons (Fsp3) is 0.333. The highest BCUT2D eigenvalue weighted by atomic mass is 16.4. The predicted molar refractivity (Wildman–Crippen MR) is 45.3 cm³/mol. The second-order valence-electron chi connectivity index (χ2n) is 2.63. The Morgan fingerprint density at radius 1 is 1.67 bits per heavy atom. The van der Waals surface area contributed by atoms with Crippen molar-refractivity contribution in [2.45, 2.75) is 20.3 Å². The molecule has 0 aliphatic carbocycles. The summed E-state index contributed by atoms with van der Waals surface area (Å²) in [5, 5.41) is 8.66. The molecule has 0 saturated heterocycles. The minimum atomic E-state index is -0.919. The zero-order chi connectivity index (χ0) is 9.14. The van der Waals surface area contributed by atoms with Crippen molar-refractivity contribution in [1.82, 2.24) is 4.98 Å². The van der Waals surface area contributed by atoms with Gasteiger partial charge in [-0.2, -0.15) is 0 Å². The molecule has 0 amide bonds. The van der Waals surface area contributed by atoms with Crippen LogP contribution in [-0.2, 0) is 6.42 Å². The van der Waals surface area contributed by atoms with Crippen molar-refractivity contribution >= 4 is 5.97 Å². The molecule has 0 atom stereocenters. The van der Waals surface area contributed by atoms with Crippen molar-refractivity contribution < 1.29 is 9.90 Å². The Bertz CT molecular complexity index is 307. The van der Waals surface area contributed by atoms with Crippen LogP contribution in [0.4, 0.5) is 0 Å². The van der Waals surface area contributed by atoms with Crippen LogP contribution in [0.3, 0.4) is 0 Å². The topological polar surface area (TPSA) is 50.2 Å². The van der Waals surface area contributed by atoms with Gasteiger partial charge in [0.2, 0.25) is 0 Å². The van der Waals surface area contributed by atoms with Crippen LogP contribution in [0.1, 0.15) is 28.5 Å². The summed E-state index contributed by atoms with van der Waals surface area (Å²) >= 11 is 0. The minimum Gasteiger partial charge on any atom is -0.478 e. The molecule has 64 valence electrons. The summed E-state index contributed by atoms with van der Waals surface area (Å²) in [5.41, 5.74) is 2.16. The molecule has 0 fully saturated rings. The second-order valence-corrected chi connectivity index (χ2v) is 2.63. The quantitative estimate of drug-likeness (QED) is 0.724. The van der Waals surface area contributed by atoms with Crippen molar-refractivity contribution in [2.75, 3.05) is 0 Å². The standard InChI is InChI=1S/C9H11NO2/c1-3-7-4-8(9(11)12)5-10-6(7)2/h4-5H,3H2,1-2H3,(H,11,12). The number of rotatable bonds is 2. The summed E-state index contributed by atoms with van der Waals surface area (Å²) in [6.07, 6.45) is 2.21. The zero-order valence-corrected chi connectivity index (χ0v) is 7.16. The Kier molecular flexibility index (Phi) is 2.43. The molecule has 0 bridgehead atoms. The highest BCUT2D eigenvalue weighted by molar-refractivity contribution is 5.87. The molecule has 1 N–H and O–H groups in total. The van der Waals surface area contributed by atoms with Gasteiger partial charge >= 0.3 is 5.97 Å². The normalized spacial score (nSPS) is 9.83. The van der Waals surface area contributed by atoms with Crippen LogP contribution in [0.25, 0.3) is 0 Å². The molecule has 0 unspecified atom stereocenters. The number of carbonyl (C=O) groups is 1. The highest BCUT2D eigenvalue weighted by Gasteiger charge is 2.05. The molecule has 3 nitrogen and oxygen atoms in total. The number of hydrogen-bond acceptors (Lipinski definition) is 2. The largest absolute Gasteiger partial charge is 0.478 e. The fourth-order valence-corrected chi connectivity index (χ4v) is 1.05. The van der Waals surface area contributed by atoms with Gasteiger partial charge in [0.25, 0.3) is 0 Å². The van der Waals surface area contributed by atoms with Gasteiger partial charge in [0, 0.05) is 11.9 Å². The third-order valence-corrected chi connectivity index (χ3v) is 1.82. The van der Waals surface area contributed by atoms with Gasteiger partial charge in [-0.1, -0.05) is 6.92 Å². The van der Waals surface area contributed by atoms with Crippen molar-refractivity contribution in [1.29, 1.82) is 0 Å². The maximum Gasteiger partial charge on any atom is 0.337 e. The van der Waals surface area contributed by atoms with Gasteiger partial charge in [-0.3, -0.25) is 4.98 Å². The first-order valence-electron chi connectivity index (χ1n) is 3.84. The SMILES string of the molecule is CCc1cc(C(=O)O)cnc1C. The summed E-state index contributed by atoms with van der Waals surface area (Å²) in [6, 6.07) is 1.67. The minimum absolute atomic E-state index is 0.262. The third-order valence-electron chi connectivity index (χ3n) is 1.82. The highest BCUT2D eigenvalue weighted by Crippen LogP contribution is 2.08. The van der Waals surface area contributed by atoms with E-state index < -0.39 is 5.97 Å². The van der Waals surface area contributed by atoms with E-state index in [0.717, 1.165) is 17.7 Å². The maximum absolute atomic E-state index is 10.5. The number of pyridine rings is 1. The van der Waals surface area contributed by atoms with E-state index in [1.165, 1.54) is 6.20 Å². The number of aromatic carboxylic acids is 1. The first kappa shape index (κ1) is 8.71. The van der Waals surface area contributed by atoms with Crippen LogP contribution in [-0.4, -0.2) is 16.1 Å². The maximum atomic E-state index is 10.5. The second kappa shape index (κ2) is 3.34. The lowest BCUT2D eigenvalue weighted by Gasteiger charge is -2.01. The smallest absolute Gasteiger partial charge is 0.337 e. The van der Waals surface area contributed by atoms with Crippen molar-refractivity contribution in [2.24, 2.45) is 0 Å². The monoisotopic (exact) mass is 165 g/mol. The molecular formula is C9H11NO2. The summed E-state index contributed by atoms with van der Waals surface area (Å²) < 4.78 is 0. The van der Waals surface area contributed by atoms with E-state index in [0.29, 0.717) is 0 Å². The Morgan fingerprint density at radius 2 is 2.33 bits per heavy atom. The van der Waals surface area contributed by atoms with Crippen LogP contribution in [0.15, 0.2) is 12.3 Å². The van der Waals surface area contributed by atoms with E-state index >= 15 is 0 Å². The number of aromatic nitrogens is 1.